The van der Waals surface area contributed by atoms with Crippen LogP contribution in [0.2, 0.25) is 0 Å². The van der Waals surface area contributed by atoms with Gasteiger partial charge in [-0.25, -0.2) is 0 Å². The minimum atomic E-state index is 0.00428. The molecule has 0 bridgehead atoms. The first kappa shape index (κ1) is 15.9. The van der Waals surface area contributed by atoms with E-state index in [0.29, 0.717) is 11.3 Å². The van der Waals surface area contributed by atoms with Gasteiger partial charge < -0.3 is 11.1 Å². The number of nitrogen functional groups attached to an aromatic ring is 1. The Bertz CT molecular complexity index is 434. The van der Waals surface area contributed by atoms with Gasteiger partial charge in [-0.2, -0.15) is 11.8 Å². The molecule has 0 aliphatic rings. The molecule has 0 amide bonds. The van der Waals surface area contributed by atoms with Gasteiger partial charge in [-0.1, -0.05) is 13.8 Å². The number of carbonyl (C=O) groups is 1. The fraction of sp³-hybridized carbons (Fsp3) is 0.533. The van der Waals surface area contributed by atoms with Gasteiger partial charge in [-0.3, -0.25) is 4.79 Å². The third-order valence-electron chi connectivity index (χ3n) is 3.77. The van der Waals surface area contributed by atoms with Crippen LogP contribution >= 0.6 is 11.8 Å². The van der Waals surface area contributed by atoms with Crippen LogP contribution in [0, 0.1) is 0 Å². The van der Waals surface area contributed by atoms with Crippen LogP contribution in [0.3, 0.4) is 0 Å². The van der Waals surface area contributed by atoms with Gasteiger partial charge in [-0.15, -0.1) is 0 Å². The number of benzene rings is 1. The maximum Gasteiger partial charge on any atom is 0.161 e. The van der Waals surface area contributed by atoms with Crippen LogP contribution in [0.25, 0.3) is 0 Å². The summed E-state index contributed by atoms with van der Waals surface area (Å²) in [6, 6.07) is 5.55. The van der Waals surface area contributed by atoms with Crippen LogP contribution in [0.5, 0.6) is 0 Å². The highest BCUT2D eigenvalue weighted by Gasteiger charge is 2.24. The fourth-order valence-electron chi connectivity index (χ4n) is 2.12. The third-order valence-corrected chi connectivity index (χ3v) is 5.35. The number of carbonyl (C=O) groups excluding carboxylic acids is 1. The molecular formula is C15H24N2OS. The Morgan fingerprint density at radius 3 is 2.42 bits per heavy atom. The van der Waals surface area contributed by atoms with Crippen molar-refractivity contribution in [1.82, 2.24) is 0 Å². The normalized spacial score (nSPS) is 11.4. The van der Waals surface area contributed by atoms with Crippen molar-refractivity contribution in [3.05, 3.63) is 23.8 Å². The summed E-state index contributed by atoms with van der Waals surface area (Å²) >= 11 is 1.90. The van der Waals surface area contributed by atoms with Crippen molar-refractivity contribution in [2.24, 2.45) is 0 Å². The number of ketones is 1. The first-order valence-electron chi connectivity index (χ1n) is 6.67. The zero-order valence-electron chi connectivity index (χ0n) is 12.2. The predicted molar refractivity (Wildman–Crippen MR) is 86.2 cm³/mol. The van der Waals surface area contributed by atoms with E-state index in [-0.39, 0.29) is 10.5 Å². The van der Waals surface area contributed by atoms with Crippen molar-refractivity contribution in [3.8, 4) is 0 Å². The van der Waals surface area contributed by atoms with Gasteiger partial charge in [0, 0.05) is 28.2 Å². The lowest BCUT2D eigenvalue weighted by Gasteiger charge is -2.30. The molecule has 0 heterocycles. The predicted octanol–water partition coefficient (Wildman–Crippen LogP) is 3.81. The monoisotopic (exact) mass is 280 g/mol. The van der Waals surface area contributed by atoms with Gasteiger partial charge in [0.15, 0.2) is 5.78 Å². The standard InChI is InChI=1S/C15H24N2OS/c1-5-15(6-2,19-4)10-17-12-7-8-13(11(3)18)14(16)9-12/h7-9,17H,5-6,10,16H2,1-4H3. The van der Waals surface area contributed by atoms with Crippen LogP contribution in [-0.4, -0.2) is 23.3 Å². The molecule has 1 rings (SSSR count). The highest BCUT2D eigenvalue weighted by atomic mass is 32.2. The molecule has 19 heavy (non-hydrogen) atoms. The summed E-state index contributed by atoms with van der Waals surface area (Å²) in [6.45, 7) is 6.87. The molecule has 0 fully saturated rings. The molecule has 1 aromatic carbocycles. The highest BCUT2D eigenvalue weighted by molar-refractivity contribution is 8.00. The quantitative estimate of drug-likeness (QED) is 0.589. The minimum absolute atomic E-state index is 0.00428. The molecule has 1 aromatic rings. The first-order valence-corrected chi connectivity index (χ1v) is 7.90. The summed E-state index contributed by atoms with van der Waals surface area (Å²) in [4.78, 5) is 11.3. The Balaban J connectivity index is 2.78. The summed E-state index contributed by atoms with van der Waals surface area (Å²) in [5.41, 5.74) is 8.00. The zero-order chi connectivity index (χ0) is 14.5. The largest absolute Gasteiger partial charge is 0.398 e. The molecular weight excluding hydrogens is 256 g/mol. The average molecular weight is 280 g/mol. The number of nitrogens with two attached hydrogens (primary N) is 1. The maximum absolute atomic E-state index is 11.3. The molecule has 3 nitrogen and oxygen atoms in total. The van der Waals surface area contributed by atoms with E-state index in [2.05, 4.69) is 25.4 Å². The van der Waals surface area contributed by atoms with Gasteiger partial charge in [0.05, 0.1) is 0 Å². The molecule has 0 aromatic heterocycles. The fourth-order valence-corrected chi connectivity index (χ4v) is 2.91. The van der Waals surface area contributed by atoms with Crippen molar-refractivity contribution >= 4 is 28.9 Å². The first-order chi connectivity index (χ1) is 8.98. The number of hydrogen-bond donors (Lipinski definition) is 2. The molecule has 0 aliphatic carbocycles. The van der Waals surface area contributed by atoms with Crippen LogP contribution in [0.15, 0.2) is 18.2 Å². The Morgan fingerprint density at radius 1 is 1.37 bits per heavy atom. The second-order valence-corrected chi connectivity index (χ2v) is 6.08. The number of thioether (sulfide) groups is 1. The van der Waals surface area contributed by atoms with Crippen LogP contribution in [-0.2, 0) is 0 Å². The lowest BCUT2D eigenvalue weighted by Crippen LogP contribution is -2.32. The van der Waals surface area contributed by atoms with Crippen molar-refractivity contribution in [2.45, 2.75) is 38.4 Å². The number of rotatable bonds is 7. The number of anilines is 2. The van der Waals surface area contributed by atoms with E-state index in [1.807, 2.05) is 23.9 Å². The molecule has 0 atom stereocenters. The molecule has 0 saturated carbocycles. The SMILES string of the molecule is CCC(CC)(CNc1ccc(C(C)=O)c(N)c1)SC. The summed E-state index contributed by atoms with van der Waals surface area (Å²) in [5, 5.41) is 3.43. The maximum atomic E-state index is 11.3. The van der Waals surface area contributed by atoms with E-state index >= 15 is 0 Å². The molecule has 0 radical (unpaired) electrons. The second-order valence-electron chi connectivity index (χ2n) is 4.81. The molecule has 0 aliphatic heterocycles. The van der Waals surface area contributed by atoms with E-state index in [9.17, 15) is 4.79 Å². The molecule has 106 valence electrons. The zero-order valence-corrected chi connectivity index (χ0v) is 13.1. The van der Waals surface area contributed by atoms with Crippen molar-refractivity contribution in [1.29, 1.82) is 0 Å². The molecule has 0 saturated heterocycles. The third kappa shape index (κ3) is 3.90. The smallest absolute Gasteiger partial charge is 0.161 e. The molecule has 3 N–H and O–H groups in total. The number of hydrogen-bond acceptors (Lipinski definition) is 4. The van der Waals surface area contributed by atoms with Crippen molar-refractivity contribution < 1.29 is 4.79 Å². The van der Waals surface area contributed by atoms with Crippen LogP contribution < -0.4 is 11.1 Å². The molecule has 4 heteroatoms. The van der Waals surface area contributed by atoms with Crippen molar-refractivity contribution in [2.75, 3.05) is 23.9 Å². The van der Waals surface area contributed by atoms with Gasteiger partial charge in [0.25, 0.3) is 0 Å². The second kappa shape index (κ2) is 6.85. The topological polar surface area (TPSA) is 55.1 Å². The number of Topliss-reactive ketones (excluding diaryl/α,β-unsaturated/α-hetero) is 1. The van der Waals surface area contributed by atoms with E-state index in [1.54, 1.807) is 6.07 Å². The highest BCUT2D eigenvalue weighted by Crippen LogP contribution is 2.31. The van der Waals surface area contributed by atoms with Gasteiger partial charge in [0.2, 0.25) is 0 Å². The summed E-state index contributed by atoms with van der Waals surface area (Å²) in [5.74, 6) is 0.00428. The molecule has 0 unspecified atom stereocenters. The van der Waals surface area contributed by atoms with E-state index in [0.717, 1.165) is 25.1 Å². The summed E-state index contributed by atoms with van der Waals surface area (Å²) in [7, 11) is 0. The Morgan fingerprint density at radius 2 is 2.00 bits per heavy atom. The average Bonchev–Trinajstić information content (AvgIpc) is 2.40. The van der Waals surface area contributed by atoms with Gasteiger partial charge in [-0.05, 0) is 44.2 Å². The van der Waals surface area contributed by atoms with Crippen LogP contribution in [0.4, 0.5) is 11.4 Å². The Kier molecular flexibility index (Phi) is 5.73. The van der Waals surface area contributed by atoms with E-state index < -0.39 is 0 Å². The Labute approximate surface area is 120 Å². The number of nitrogens with one attached hydrogen (secondary N) is 1. The summed E-state index contributed by atoms with van der Waals surface area (Å²) in [6.07, 6.45) is 4.40. The van der Waals surface area contributed by atoms with E-state index in [1.165, 1.54) is 6.92 Å². The van der Waals surface area contributed by atoms with Gasteiger partial charge >= 0.3 is 0 Å². The van der Waals surface area contributed by atoms with Crippen molar-refractivity contribution in [3.63, 3.8) is 0 Å². The lowest BCUT2D eigenvalue weighted by atomic mass is 10.0. The lowest BCUT2D eigenvalue weighted by molar-refractivity contribution is 0.101. The van der Waals surface area contributed by atoms with E-state index in [4.69, 9.17) is 5.73 Å². The summed E-state index contributed by atoms with van der Waals surface area (Å²) < 4.78 is 0.258. The van der Waals surface area contributed by atoms with Crippen LogP contribution in [0.1, 0.15) is 44.0 Å². The minimum Gasteiger partial charge on any atom is -0.398 e. The Hall–Kier alpha value is -1.16. The molecule has 0 spiro atoms. The van der Waals surface area contributed by atoms with Gasteiger partial charge in [0.1, 0.15) is 0 Å².